The zero-order valence-electron chi connectivity index (χ0n) is 19.0. The summed E-state index contributed by atoms with van der Waals surface area (Å²) in [7, 11) is -3.48. The Labute approximate surface area is 212 Å². The van der Waals surface area contributed by atoms with Crippen molar-refractivity contribution in [2.24, 2.45) is 0 Å². The van der Waals surface area contributed by atoms with Gasteiger partial charge in [0.25, 0.3) is 0 Å². The first-order chi connectivity index (χ1) is 17.3. The number of nitriles is 2. The second-order valence-corrected chi connectivity index (χ2v) is 9.66. The van der Waals surface area contributed by atoms with Gasteiger partial charge in [-0.3, -0.25) is 4.72 Å². The fraction of sp³-hybridized carbons (Fsp3) is 0.167. The zero-order valence-corrected chi connectivity index (χ0v) is 20.5. The van der Waals surface area contributed by atoms with Gasteiger partial charge in [0.2, 0.25) is 16.0 Å². The van der Waals surface area contributed by atoms with Gasteiger partial charge in [-0.25, -0.2) is 18.4 Å². The largest absolute Gasteiger partial charge is 0.490 e. The maximum atomic E-state index is 11.4. The number of nitrogens with one attached hydrogen (secondary N) is 1. The summed E-state index contributed by atoms with van der Waals surface area (Å²) >= 11 is 5.71. The van der Waals surface area contributed by atoms with Gasteiger partial charge >= 0.3 is 0 Å². The van der Waals surface area contributed by atoms with Crippen molar-refractivity contribution in [1.82, 2.24) is 14.5 Å². The van der Waals surface area contributed by atoms with Crippen LogP contribution in [0.4, 0.5) is 5.95 Å². The van der Waals surface area contributed by atoms with Crippen molar-refractivity contribution in [3.05, 3.63) is 71.7 Å². The Balaban J connectivity index is 1.56. The summed E-state index contributed by atoms with van der Waals surface area (Å²) in [5.41, 5.74) is 2.50. The molecule has 0 atom stereocenters. The minimum Gasteiger partial charge on any atom is -0.490 e. The molecule has 0 fully saturated rings. The molecule has 0 aliphatic rings. The fourth-order valence-corrected chi connectivity index (χ4v) is 4.03. The number of hydrogen-bond acceptors (Lipinski definition) is 8. The third-order valence-corrected chi connectivity index (χ3v) is 5.70. The van der Waals surface area contributed by atoms with Crippen molar-refractivity contribution in [2.75, 3.05) is 23.5 Å². The number of alkyl halides is 1. The number of nitrogens with zero attached hydrogens (tertiary/aromatic N) is 5. The lowest BCUT2D eigenvalue weighted by atomic mass is 10.1. The van der Waals surface area contributed by atoms with Gasteiger partial charge in [-0.1, -0.05) is 0 Å². The van der Waals surface area contributed by atoms with Crippen LogP contribution in [0, 0.1) is 22.7 Å². The van der Waals surface area contributed by atoms with Crippen molar-refractivity contribution in [3.63, 3.8) is 0 Å². The molecule has 0 aliphatic carbocycles. The Morgan fingerprint density at radius 3 is 2.56 bits per heavy atom. The van der Waals surface area contributed by atoms with Crippen LogP contribution >= 0.6 is 11.6 Å². The molecule has 2 aromatic heterocycles. The molecule has 0 saturated heterocycles. The number of rotatable bonds is 9. The quantitative estimate of drug-likeness (QED) is 0.327. The van der Waals surface area contributed by atoms with Crippen LogP contribution in [0.1, 0.15) is 16.8 Å². The van der Waals surface area contributed by atoms with Gasteiger partial charge in [0.05, 0.1) is 28.9 Å². The normalized spacial score (nSPS) is 11.0. The minimum atomic E-state index is -3.48. The van der Waals surface area contributed by atoms with Crippen LogP contribution in [0.2, 0.25) is 0 Å². The molecule has 0 unspecified atom stereocenters. The molecular formula is C24H19ClN6O4S. The average Bonchev–Trinajstić information content (AvgIpc) is 3.28. The number of fused-ring (bicyclic) bond motifs is 1. The monoisotopic (exact) mass is 522 g/mol. The van der Waals surface area contributed by atoms with E-state index < -0.39 is 10.0 Å². The highest BCUT2D eigenvalue weighted by atomic mass is 35.5. The standard InChI is InChI=1S/C24H19ClN6O4S/c1-36(32,33)30-24-28-9-6-17(29-24)15-35-19-4-2-18(3-5-19)31-10-7-20-21(14-27)23(34-11-8-25)16(13-26)12-22(20)31/h2-7,9-10,12H,8,11,15H2,1H3,(H,28,29,30). The summed E-state index contributed by atoms with van der Waals surface area (Å²) in [6.45, 7) is 0.290. The highest BCUT2D eigenvalue weighted by Crippen LogP contribution is 2.34. The Kier molecular flexibility index (Phi) is 7.25. The maximum absolute atomic E-state index is 11.4. The van der Waals surface area contributed by atoms with E-state index in [2.05, 4.69) is 26.8 Å². The fourth-order valence-electron chi connectivity index (χ4n) is 3.52. The average molecular weight is 523 g/mol. The van der Waals surface area contributed by atoms with Crippen LogP contribution in [0.25, 0.3) is 16.6 Å². The number of halogens is 1. The minimum absolute atomic E-state index is 0.0295. The van der Waals surface area contributed by atoms with E-state index in [1.54, 1.807) is 30.3 Å². The molecule has 0 amide bonds. The number of anilines is 1. The molecule has 2 heterocycles. The first-order valence-corrected chi connectivity index (χ1v) is 13.0. The molecule has 2 aromatic carbocycles. The SMILES string of the molecule is CS(=O)(=O)Nc1nccc(COc2ccc(-n3ccc4c(C#N)c(OCCCl)c(C#N)cc43)cc2)n1. The molecule has 36 heavy (non-hydrogen) atoms. The predicted molar refractivity (Wildman–Crippen MR) is 134 cm³/mol. The van der Waals surface area contributed by atoms with Crippen molar-refractivity contribution < 1.29 is 17.9 Å². The van der Waals surface area contributed by atoms with Crippen LogP contribution in [-0.4, -0.2) is 41.7 Å². The van der Waals surface area contributed by atoms with Gasteiger partial charge in [-0.15, -0.1) is 11.6 Å². The number of benzene rings is 2. The van der Waals surface area contributed by atoms with Crippen LogP contribution in [-0.2, 0) is 16.6 Å². The molecule has 0 radical (unpaired) electrons. The molecule has 0 aliphatic heterocycles. The summed E-state index contributed by atoms with van der Waals surface area (Å²) in [5.74, 6) is 1.00. The van der Waals surface area contributed by atoms with E-state index in [1.807, 2.05) is 22.9 Å². The van der Waals surface area contributed by atoms with Crippen molar-refractivity contribution in [3.8, 4) is 29.3 Å². The first-order valence-electron chi connectivity index (χ1n) is 10.5. The van der Waals surface area contributed by atoms with E-state index in [4.69, 9.17) is 21.1 Å². The van der Waals surface area contributed by atoms with Crippen LogP contribution in [0.15, 0.2) is 54.9 Å². The van der Waals surface area contributed by atoms with E-state index in [0.717, 1.165) is 11.9 Å². The molecule has 12 heteroatoms. The lowest BCUT2D eigenvalue weighted by molar-refractivity contribution is 0.301. The van der Waals surface area contributed by atoms with E-state index >= 15 is 0 Å². The molecule has 0 spiro atoms. The van der Waals surface area contributed by atoms with Gasteiger partial charge < -0.3 is 14.0 Å². The van der Waals surface area contributed by atoms with E-state index in [-0.39, 0.29) is 41.9 Å². The van der Waals surface area contributed by atoms with Gasteiger partial charge in [0.15, 0.2) is 5.75 Å². The summed E-state index contributed by atoms with van der Waals surface area (Å²) < 4.78 is 38.2. The van der Waals surface area contributed by atoms with Crippen LogP contribution in [0.5, 0.6) is 11.5 Å². The Bertz CT molecular complexity index is 1600. The number of sulfonamides is 1. The molecule has 1 N–H and O–H groups in total. The van der Waals surface area contributed by atoms with Gasteiger partial charge in [-0.05, 0) is 42.5 Å². The smallest absolute Gasteiger partial charge is 0.236 e. The molecular weight excluding hydrogens is 504 g/mol. The van der Waals surface area contributed by atoms with Crippen molar-refractivity contribution in [1.29, 1.82) is 10.5 Å². The lowest BCUT2D eigenvalue weighted by Gasteiger charge is -2.12. The second-order valence-electron chi connectivity index (χ2n) is 7.54. The third-order valence-electron chi connectivity index (χ3n) is 5.00. The van der Waals surface area contributed by atoms with Crippen LogP contribution < -0.4 is 14.2 Å². The molecule has 0 saturated carbocycles. The number of hydrogen-bond donors (Lipinski definition) is 1. The summed E-state index contributed by atoms with van der Waals surface area (Å²) in [5, 5.41) is 20.0. The molecule has 10 nitrogen and oxygen atoms in total. The highest BCUT2D eigenvalue weighted by Gasteiger charge is 2.18. The third kappa shape index (κ3) is 5.49. The summed E-state index contributed by atoms with van der Waals surface area (Å²) in [6.07, 6.45) is 4.27. The molecule has 4 rings (SSSR count). The van der Waals surface area contributed by atoms with Gasteiger partial charge in [-0.2, -0.15) is 10.5 Å². The second kappa shape index (κ2) is 10.5. The Hall–Kier alpha value is -4.32. The zero-order chi connectivity index (χ0) is 25.7. The number of ether oxygens (including phenoxy) is 2. The Morgan fingerprint density at radius 1 is 1.11 bits per heavy atom. The van der Waals surface area contributed by atoms with E-state index in [0.29, 0.717) is 22.3 Å². The maximum Gasteiger partial charge on any atom is 0.236 e. The van der Waals surface area contributed by atoms with Crippen LogP contribution in [0.3, 0.4) is 0 Å². The highest BCUT2D eigenvalue weighted by molar-refractivity contribution is 7.91. The number of aromatic nitrogens is 3. The van der Waals surface area contributed by atoms with Gasteiger partial charge in [0.1, 0.15) is 36.7 Å². The van der Waals surface area contributed by atoms with Gasteiger partial charge in [0, 0.05) is 23.5 Å². The van der Waals surface area contributed by atoms with Crippen molar-refractivity contribution in [2.45, 2.75) is 6.61 Å². The summed E-state index contributed by atoms with van der Waals surface area (Å²) in [4.78, 5) is 8.00. The molecule has 0 bridgehead atoms. The first kappa shape index (κ1) is 24.8. The predicted octanol–water partition coefficient (Wildman–Crippen LogP) is 3.73. The Morgan fingerprint density at radius 2 is 1.89 bits per heavy atom. The van der Waals surface area contributed by atoms with E-state index in [1.165, 1.54) is 6.20 Å². The summed E-state index contributed by atoms with van der Waals surface area (Å²) in [6, 6.07) is 16.6. The van der Waals surface area contributed by atoms with Crippen molar-refractivity contribution >= 4 is 38.5 Å². The molecule has 4 aromatic rings. The molecule has 182 valence electrons. The topological polar surface area (TPSA) is 143 Å². The van der Waals surface area contributed by atoms with E-state index in [9.17, 15) is 18.9 Å². The lowest BCUT2D eigenvalue weighted by Crippen LogP contribution is -2.13.